The van der Waals surface area contributed by atoms with Gasteiger partial charge in [-0.05, 0) is 41.9 Å². The summed E-state index contributed by atoms with van der Waals surface area (Å²) in [7, 11) is 0. The number of likely N-dealkylation sites (tertiary alicyclic amines) is 1. The Morgan fingerprint density at radius 3 is 2.67 bits per heavy atom. The highest BCUT2D eigenvalue weighted by atomic mass is 15.2. The van der Waals surface area contributed by atoms with Crippen LogP contribution in [-0.2, 0) is 19.4 Å². The van der Waals surface area contributed by atoms with Gasteiger partial charge in [0.05, 0.1) is 0 Å². The van der Waals surface area contributed by atoms with E-state index < -0.39 is 0 Å². The smallest absolute Gasteiger partial charge is 0.0435 e. The summed E-state index contributed by atoms with van der Waals surface area (Å²) < 4.78 is 0. The molecule has 0 atom stereocenters. The number of benzene rings is 1. The van der Waals surface area contributed by atoms with E-state index in [4.69, 9.17) is 5.73 Å². The Morgan fingerprint density at radius 2 is 1.94 bits per heavy atom. The van der Waals surface area contributed by atoms with Crippen molar-refractivity contribution in [3.8, 4) is 0 Å². The van der Waals surface area contributed by atoms with Crippen LogP contribution in [0.5, 0.6) is 0 Å². The lowest BCUT2D eigenvalue weighted by Crippen LogP contribution is -2.69. The molecule has 1 fully saturated rings. The number of nitrogens with zero attached hydrogens (tertiary/aromatic N) is 1. The molecule has 0 spiro atoms. The number of nitrogens with two attached hydrogens (primary N) is 1. The lowest BCUT2D eigenvalue weighted by molar-refractivity contribution is 0.0313. The molecule has 0 unspecified atom stereocenters. The molecule has 1 aromatic carbocycles. The minimum absolute atomic E-state index is 0.0523. The van der Waals surface area contributed by atoms with E-state index in [1.807, 2.05) is 0 Å². The van der Waals surface area contributed by atoms with E-state index >= 15 is 0 Å². The van der Waals surface area contributed by atoms with Gasteiger partial charge in [-0.2, -0.15) is 0 Å². The van der Waals surface area contributed by atoms with E-state index in [-0.39, 0.29) is 5.54 Å². The average molecular weight is 244 g/mol. The fourth-order valence-electron chi connectivity index (χ4n) is 3.24. The van der Waals surface area contributed by atoms with Crippen LogP contribution in [0.4, 0.5) is 0 Å². The van der Waals surface area contributed by atoms with Gasteiger partial charge in [-0.1, -0.05) is 32.0 Å². The van der Waals surface area contributed by atoms with E-state index in [0.717, 1.165) is 19.6 Å². The zero-order valence-electron chi connectivity index (χ0n) is 11.6. The molecule has 0 bridgehead atoms. The number of hydrogen-bond donors (Lipinski definition) is 1. The van der Waals surface area contributed by atoms with Gasteiger partial charge in [0.1, 0.15) is 0 Å². The Kier molecular flexibility index (Phi) is 2.95. The van der Waals surface area contributed by atoms with Crippen LogP contribution in [0.1, 0.15) is 37.0 Å². The van der Waals surface area contributed by atoms with Crippen LogP contribution in [0, 0.1) is 5.92 Å². The molecule has 0 aromatic heterocycles. The Morgan fingerprint density at radius 1 is 1.22 bits per heavy atom. The third-order valence-electron chi connectivity index (χ3n) is 4.75. The molecule has 1 aliphatic carbocycles. The predicted molar refractivity (Wildman–Crippen MR) is 75.5 cm³/mol. The molecule has 2 nitrogen and oxygen atoms in total. The van der Waals surface area contributed by atoms with Gasteiger partial charge in [-0.25, -0.2) is 0 Å². The highest BCUT2D eigenvalue weighted by molar-refractivity contribution is 5.35. The first-order valence-electron chi connectivity index (χ1n) is 7.19. The van der Waals surface area contributed by atoms with Gasteiger partial charge in [0, 0.05) is 25.2 Å². The molecule has 2 aliphatic rings. The summed E-state index contributed by atoms with van der Waals surface area (Å²) in [6.45, 7) is 7.61. The fourth-order valence-corrected chi connectivity index (χ4v) is 3.24. The second-order valence-corrected chi connectivity index (χ2v) is 6.49. The number of aryl methyl sites for hydroxylation is 2. The first-order chi connectivity index (χ1) is 8.57. The number of fused-ring (bicyclic) bond motifs is 1. The van der Waals surface area contributed by atoms with E-state index in [2.05, 4.69) is 36.9 Å². The molecule has 2 N–H and O–H groups in total. The van der Waals surface area contributed by atoms with Gasteiger partial charge in [0.25, 0.3) is 0 Å². The van der Waals surface area contributed by atoms with Crippen molar-refractivity contribution in [2.45, 2.75) is 45.2 Å². The topological polar surface area (TPSA) is 29.3 Å². The maximum Gasteiger partial charge on any atom is 0.0435 e. The van der Waals surface area contributed by atoms with Gasteiger partial charge in [0.15, 0.2) is 0 Å². The quantitative estimate of drug-likeness (QED) is 0.884. The summed E-state index contributed by atoms with van der Waals surface area (Å²) in [6.07, 6.45) is 3.89. The molecule has 3 rings (SSSR count). The summed E-state index contributed by atoms with van der Waals surface area (Å²) in [6, 6.07) is 7.04. The minimum atomic E-state index is 0.0523. The number of rotatable bonds is 3. The Balaban J connectivity index is 1.62. The van der Waals surface area contributed by atoms with Crippen molar-refractivity contribution in [2.24, 2.45) is 11.7 Å². The molecule has 1 aromatic rings. The first kappa shape index (κ1) is 12.2. The predicted octanol–water partition coefficient (Wildman–Crippen LogP) is 2.34. The molecule has 1 aliphatic heterocycles. The maximum atomic E-state index is 6.34. The highest BCUT2D eigenvalue weighted by Crippen LogP contribution is 2.29. The molecule has 1 heterocycles. The van der Waals surface area contributed by atoms with E-state index in [9.17, 15) is 0 Å². The lowest BCUT2D eigenvalue weighted by atomic mass is 9.80. The summed E-state index contributed by atoms with van der Waals surface area (Å²) in [5, 5.41) is 0. The van der Waals surface area contributed by atoms with Crippen LogP contribution in [0.15, 0.2) is 18.2 Å². The zero-order chi connectivity index (χ0) is 12.8. The molecular formula is C16H24N2. The largest absolute Gasteiger partial charge is 0.323 e. The Hall–Kier alpha value is -0.860. The van der Waals surface area contributed by atoms with Gasteiger partial charge < -0.3 is 5.73 Å². The number of hydrogen-bond acceptors (Lipinski definition) is 2. The molecule has 18 heavy (non-hydrogen) atoms. The first-order valence-corrected chi connectivity index (χ1v) is 7.19. The SMILES string of the molecule is CC(C)C1(N)CN(Cc2ccc3c(c2)CCC3)C1. The average Bonchev–Trinajstić information content (AvgIpc) is 2.73. The van der Waals surface area contributed by atoms with E-state index in [1.54, 1.807) is 11.1 Å². The molecular weight excluding hydrogens is 220 g/mol. The molecule has 0 saturated carbocycles. The van der Waals surface area contributed by atoms with Crippen LogP contribution < -0.4 is 5.73 Å². The summed E-state index contributed by atoms with van der Waals surface area (Å²) in [4.78, 5) is 2.47. The van der Waals surface area contributed by atoms with E-state index in [1.165, 1.54) is 24.8 Å². The fraction of sp³-hybridized carbons (Fsp3) is 0.625. The standard InChI is InChI=1S/C16H24N2/c1-12(2)16(17)10-18(11-16)9-13-6-7-14-4-3-5-15(14)8-13/h6-8,12H,3-5,9-11,17H2,1-2H3. The van der Waals surface area contributed by atoms with Crippen molar-refractivity contribution < 1.29 is 0 Å². The van der Waals surface area contributed by atoms with Crippen molar-refractivity contribution in [1.82, 2.24) is 4.90 Å². The normalized spacial score (nSPS) is 22.0. The Bertz CT molecular complexity index is 444. The molecule has 0 radical (unpaired) electrons. The lowest BCUT2D eigenvalue weighted by Gasteiger charge is -2.50. The van der Waals surface area contributed by atoms with Crippen LogP contribution in [0.3, 0.4) is 0 Å². The van der Waals surface area contributed by atoms with Crippen molar-refractivity contribution >= 4 is 0 Å². The molecule has 1 saturated heterocycles. The summed E-state index contributed by atoms with van der Waals surface area (Å²) >= 11 is 0. The van der Waals surface area contributed by atoms with Crippen LogP contribution in [0.25, 0.3) is 0 Å². The molecule has 0 amide bonds. The Labute approximate surface area is 110 Å². The van der Waals surface area contributed by atoms with Gasteiger partial charge in [-0.3, -0.25) is 4.90 Å². The monoisotopic (exact) mass is 244 g/mol. The maximum absolute atomic E-state index is 6.34. The molecule has 2 heteroatoms. The van der Waals surface area contributed by atoms with Gasteiger partial charge in [-0.15, -0.1) is 0 Å². The van der Waals surface area contributed by atoms with Crippen LogP contribution >= 0.6 is 0 Å². The van der Waals surface area contributed by atoms with Crippen molar-refractivity contribution in [2.75, 3.05) is 13.1 Å². The minimum Gasteiger partial charge on any atom is -0.323 e. The highest BCUT2D eigenvalue weighted by Gasteiger charge is 2.41. The van der Waals surface area contributed by atoms with Crippen LogP contribution in [0.2, 0.25) is 0 Å². The van der Waals surface area contributed by atoms with Crippen LogP contribution in [-0.4, -0.2) is 23.5 Å². The zero-order valence-corrected chi connectivity index (χ0v) is 11.6. The summed E-state index contributed by atoms with van der Waals surface area (Å²) in [5.41, 5.74) is 11.0. The van der Waals surface area contributed by atoms with Crippen molar-refractivity contribution in [1.29, 1.82) is 0 Å². The second kappa shape index (κ2) is 4.36. The van der Waals surface area contributed by atoms with Crippen molar-refractivity contribution in [3.05, 3.63) is 34.9 Å². The third kappa shape index (κ3) is 2.08. The summed E-state index contributed by atoms with van der Waals surface area (Å²) in [5.74, 6) is 0.578. The molecule has 98 valence electrons. The van der Waals surface area contributed by atoms with Gasteiger partial charge >= 0.3 is 0 Å². The van der Waals surface area contributed by atoms with E-state index in [0.29, 0.717) is 5.92 Å². The van der Waals surface area contributed by atoms with Gasteiger partial charge in [0.2, 0.25) is 0 Å². The third-order valence-corrected chi connectivity index (χ3v) is 4.75. The second-order valence-electron chi connectivity index (χ2n) is 6.49. The van der Waals surface area contributed by atoms with Crippen molar-refractivity contribution in [3.63, 3.8) is 0 Å².